The largest absolute Gasteiger partial charge is 0.444 e. The molecule has 0 radical (unpaired) electrons. The maximum Gasteiger partial charge on any atom is 0.419 e. The van der Waals surface area contributed by atoms with E-state index in [1.54, 1.807) is 46.0 Å². The summed E-state index contributed by atoms with van der Waals surface area (Å²) in [6.45, 7) is 8.90. The van der Waals surface area contributed by atoms with Gasteiger partial charge in [-0.15, -0.1) is 0 Å². The molecule has 142 valence electrons. The third kappa shape index (κ3) is 4.65. The van der Waals surface area contributed by atoms with Gasteiger partial charge in [-0.05, 0) is 44.9 Å². The summed E-state index contributed by atoms with van der Waals surface area (Å²) in [7, 11) is 1.58. The molecule has 0 saturated heterocycles. The molecule has 1 unspecified atom stereocenters. The van der Waals surface area contributed by atoms with Crippen LogP contribution in [0, 0.1) is 5.92 Å². The summed E-state index contributed by atoms with van der Waals surface area (Å²) in [5.41, 5.74) is 0.839. The van der Waals surface area contributed by atoms with Gasteiger partial charge in [-0.3, -0.25) is 9.36 Å². The molecule has 26 heavy (non-hydrogen) atoms. The van der Waals surface area contributed by atoms with E-state index in [4.69, 9.17) is 9.15 Å². The quantitative estimate of drug-likeness (QED) is 0.869. The Morgan fingerprint density at radius 3 is 2.46 bits per heavy atom. The molecule has 2 aromatic rings. The van der Waals surface area contributed by atoms with Gasteiger partial charge in [0.25, 0.3) is 0 Å². The summed E-state index contributed by atoms with van der Waals surface area (Å²) in [4.78, 5) is 36.1. The van der Waals surface area contributed by atoms with Gasteiger partial charge in [-0.2, -0.15) is 0 Å². The zero-order valence-electron chi connectivity index (χ0n) is 15.9. The van der Waals surface area contributed by atoms with Gasteiger partial charge in [0.1, 0.15) is 11.6 Å². The fourth-order valence-electron chi connectivity index (χ4n) is 2.39. The number of oxazole rings is 1. The average molecular weight is 363 g/mol. The number of aromatic nitrogens is 1. The van der Waals surface area contributed by atoms with Gasteiger partial charge >= 0.3 is 11.8 Å². The van der Waals surface area contributed by atoms with Crippen molar-refractivity contribution in [1.29, 1.82) is 0 Å². The topological polar surface area (TPSA) is 103 Å². The highest BCUT2D eigenvalue weighted by molar-refractivity contribution is 5.98. The Hall–Kier alpha value is -2.77. The number of aryl methyl sites for hydroxylation is 1. The molecule has 8 nitrogen and oxygen atoms in total. The molecule has 0 aliphatic rings. The van der Waals surface area contributed by atoms with E-state index < -0.39 is 23.5 Å². The van der Waals surface area contributed by atoms with Crippen molar-refractivity contribution in [2.45, 2.75) is 46.3 Å². The summed E-state index contributed by atoms with van der Waals surface area (Å²) in [6.07, 6.45) is -0.654. The highest BCUT2D eigenvalue weighted by Gasteiger charge is 2.27. The van der Waals surface area contributed by atoms with Crippen LogP contribution in [0.25, 0.3) is 11.1 Å². The number of ether oxygens (including phenoxy) is 1. The minimum absolute atomic E-state index is 0.149. The Kier molecular flexibility index (Phi) is 5.44. The van der Waals surface area contributed by atoms with Gasteiger partial charge in [-0.1, -0.05) is 13.8 Å². The number of carbonyl (C=O) groups excluding carboxylic acids is 2. The number of rotatable bonds is 4. The maximum atomic E-state index is 12.6. The molecule has 2 rings (SSSR count). The standard InChI is InChI=1S/C18H25N3O5/c1-10(2)14(20-16(23)26-18(3,4)5)15(22)19-11-7-8-13-12(9-11)21(6)17(24)25-13/h7-10,14H,1-6H3,(H,19,22)(H,20,23). The lowest BCUT2D eigenvalue weighted by Gasteiger charge is -2.25. The van der Waals surface area contributed by atoms with Gasteiger partial charge in [-0.25, -0.2) is 9.59 Å². The number of amides is 2. The first kappa shape index (κ1) is 19.6. The lowest BCUT2D eigenvalue weighted by atomic mass is 10.0. The molecule has 0 saturated carbocycles. The van der Waals surface area contributed by atoms with Crippen LogP contribution >= 0.6 is 0 Å². The van der Waals surface area contributed by atoms with Crippen LogP contribution in [0.15, 0.2) is 27.4 Å². The third-order valence-electron chi connectivity index (χ3n) is 3.68. The van der Waals surface area contributed by atoms with Crippen molar-refractivity contribution < 1.29 is 18.7 Å². The molecule has 8 heteroatoms. The Balaban J connectivity index is 2.15. The first-order valence-electron chi connectivity index (χ1n) is 8.38. The molecular formula is C18H25N3O5. The van der Waals surface area contributed by atoms with Crippen molar-refractivity contribution in [1.82, 2.24) is 9.88 Å². The molecule has 0 aliphatic carbocycles. The van der Waals surface area contributed by atoms with Crippen molar-refractivity contribution in [3.05, 3.63) is 28.7 Å². The van der Waals surface area contributed by atoms with Crippen LogP contribution in [-0.4, -0.2) is 28.2 Å². The fourth-order valence-corrected chi connectivity index (χ4v) is 2.39. The highest BCUT2D eigenvalue weighted by atomic mass is 16.6. The van der Waals surface area contributed by atoms with Gasteiger partial charge in [0.05, 0.1) is 5.52 Å². The summed E-state index contributed by atoms with van der Waals surface area (Å²) in [5.74, 6) is -1.00. The monoisotopic (exact) mass is 363 g/mol. The summed E-state index contributed by atoms with van der Waals surface area (Å²) >= 11 is 0. The Bertz CT molecular complexity index is 873. The average Bonchev–Trinajstić information content (AvgIpc) is 2.78. The van der Waals surface area contributed by atoms with Crippen LogP contribution < -0.4 is 16.4 Å². The predicted molar refractivity (Wildman–Crippen MR) is 98.1 cm³/mol. The lowest BCUT2D eigenvalue weighted by molar-refractivity contribution is -0.119. The third-order valence-corrected chi connectivity index (χ3v) is 3.68. The smallest absolute Gasteiger partial charge is 0.419 e. The van der Waals surface area contributed by atoms with Crippen molar-refractivity contribution >= 4 is 28.8 Å². The maximum absolute atomic E-state index is 12.6. The number of carbonyl (C=O) groups is 2. The minimum Gasteiger partial charge on any atom is -0.444 e. The van der Waals surface area contributed by atoms with E-state index in [1.165, 1.54) is 4.57 Å². The Labute approximate surface area is 151 Å². The number of alkyl carbamates (subject to hydrolysis) is 1. The zero-order valence-corrected chi connectivity index (χ0v) is 15.9. The zero-order chi connectivity index (χ0) is 19.6. The van der Waals surface area contributed by atoms with E-state index in [-0.39, 0.29) is 11.8 Å². The minimum atomic E-state index is -0.770. The second kappa shape index (κ2) is 7.23. The molecule has 0 bridgehead atoms. The molecule has 1 atom stereocenters. The fraction of sp³-hybridized carbons (Fsp3) is 0.500. The van der Waals surface area contributed by atoms with Crippen LogP contribution in [0.3, 0.4) is 0 Å². The number of benzene rings is 1. The van der Waals surface area contributed by atoms with Crippen molar-refractivity contribution in [2.24, 2.45) is 13.0 Å². The molecule has 1 heterocycles. The summed E-state index contributed by atoms with van der Waals surface area (Å²) < 4.78 is 11.6. The number of hydrogen-bond acceptors (Lipinski definition) is 5. The molecule has 1 aromatic carbocycles. The van der Waals surface area contributed by atoms with Crippen molar-refractivity contribution in [3.8, 4) is 0 Å². The predicted octanol–water partition coefficient (Wildman–Crippen LogP) is 2.62. The molecule has 2 amide bonds. The second-order valence-electron chi connectivity index (χ2n) is 7.47. The molecule has 2 N–H and O–H groups in total. The first-order valence-corrected chi connectivity index (χ1v) is 8.38. The summed E-state index contributed by atoms with van der Waals surface area (Å²) in [6, 6.07) is 4.11. The molecule has 0 aliphatic heterocycles. The van der Waals surface area contributed by atoms with Crippen LogP contribution in [0.1, 0.15) is 34.6 Å². The molecule has 1 aromatic heterocycles. The SMILES string of the molecule is CC(C)C(NC(=O)OC(C)(C)C)C(=O)Nc1ccc2oc(=O)n(C)c2c1. The van der Waals surface area contributed by atoms with Gasteiger partial charge in [0.15, 0.2) is 5.58 Å². The number of hydrogen-bond donors (Lipinski definition) is 2. The van der Waals surface area contributed by atoms with E-state index in [0.29, 0.717) is 16.8 Å². The van der Waals surface area contributed by atoms with E-state index >= 15 is 0 Å². The van der Waals surface area contributed by atoms with E-state index in [1.807, 2.05) is 13.8 Å². The number of nitrogens with zero attached hydrogens (tertiary/aromatic N) is 1. The Morgan fingerprint density at radius 2 is 1.88 bits per heavy atom. The second-order valence-corrected chi connectivity index (χ2v) is 7.47. The van der Waals surface area contributed by atoms with Crippen molar-refractivity contribution in [3.63, 3.8) is 0 Å². The van der Waals surface area contributed by atoms with Crippen LogP contribution in [-0.2, 0) is 16.6 Å². The number of fused-ring (bicyclic) bond motifs is 1. The van der Waals surface area contributed by atoms with Gasteiger partial charge in [0, 0.05) is 12.7 Å². The van der Waals surface area contributed by atoms with Gasteiger partial charge in [0.2, 0.25) is 5.91 Å². The molecule has 0 fully saturated rings. The van der Waals surface area contributed by atoms with Crippen LogP contribution in [0.4, 0.5) is 10.5 Å². The van der Waals surface area contributed by atoms with Crippen LogP contribution in [0.5, 0.6) is 0 Å². The Morgan fingerprint density at radius 1 is 1.23 bits per heavy atom. The normalized spacial score (nSPS) is 12.9. The number of nitrogens with one attached hydrogen (secondary N) is 2. The number of anilines is 1. The molecular weight excluding hydrogens is 338 g/mol. The molecule has 0 spiro atoms. The van der Waals surface area contributed by atoms with Gasteiger partial charge < -0.3 is 19.8 Å². The van der Waals surface area contributed by atoms with E-state index in [9.17, 15) is 14.4 Å². The summed E-state index contributed by atoms with van der Waals surface area (Å²) in [5, 5.41) is 5.35. The first-order chi connectivity index (χ1) is 12.0. The van der Waals surface area contributed by atoms with E-state index in [2.05, 4.69) is 10.6 Å². The lowest BCUT2D eigenvalue weighted by Crippen LogP contribution is -2.48. The van der Waals surface area contributed by atoms with Crippen molar-refractivity contribution in [2.75, 3.05) is 5.32 Å². The highest BCUT2D eigenvalue weighted by Crippen LogP contribution is 2.18. The van der Waals surface area contributed by atoms with Crippen LogP contribution in [0.2, 0.25) is 0 Å². The van der Waals surface area contributed by atoms with E-state index in [0.717, 1.165) is 0 Å².